The number of amides is 1. The summed E-state index contributed by atoms with van der Waals surface area (Å²) in [6.07, 6.45) is 3.86. The lowest BCUT2D eigenvalue weighted by Crippen LogP contribution is -2.28. The van der Waals surface area contributed by atoms with Crippen molar-refractivity contribution in [1.29, 1.82) is 0 Å². The first-order valence-corrected chi connectivity index (χ1v) is 4.23. The minimum atomic E-state index is -0.0864. The van der Waals surface area contributed by atoms with Crippen molar-refractivity contribution in [2.45, 2.75) is 13.3 Å². The van der Waals surface area contributed by atoms with Crippen molar-refractivity contribution in [3.05, 3.63) is 12.5 Å². The lowest BCUT2D eigenvalue weighted by atomic mass is 10.4. The van der Waals surface area contributed by atoms with Gasteiger partial charge in [-0.25, -0.2) is 0 Å². The summed E-state index contributed by atoms with van der Waals surface area (Å²) in [5.41, 5.74) is 0.586. The van der Waals surface area contributed by atoms with Gasteiger partial charge >= 0.3 is 0 Å². The van der Waals surface area contributed by atoms with E-state index in [-0.39, 0.29) is 5.91 Å². The normalized spacial score (nSPS) is 9.92. The molecular weight excluding hydrogens is 170 g/mol. The Balaban J connectivity index is 2.18. The topological polar surface area (TPSA) is 67.2 Å². The Hall–Kier alpha value is -1.36. The first-order chi connectivity index (χ1) is 6.33. The smallest absolute Gasteiger partial charge is 0.238 e. The van der Waals surface area contributed by atoms with E-state index in [0.29, 0.717) is 12.2 Å². The fourth-order valence-corrected chi connectivity index (χ4v) is 0.850. The highest BCUT2D eigenvalue weighted by Gasteiger charge is 2.01. The molecule has 0 saturated heterocycles. The molecule has 0 aliphatic rings. The van der Waals surface area contributed by atoms with Gasteiger partial charge in [0.2, 0.25) is 5.91 Å². The highest BCUT2D eigenvalue weighted by Crippen LogP contribution is 2.02. The van der Waals surface area contributed by atoms with Crippen LogP contribution in [0.3, 0.4) is 0 Å². The Morgan fingerprint density at radius 1 is 1.69 bits per heavy atom. The quantitative estimate of drug-likeness (QED) is 0.656. The molecule has 5 heteroatoms. The molecule has 1 aromatic rings. The fourth-order valence-electron chi connectivity index (χ4n) is 0.850. The second kappa shape index (κ2) is 5.31. The molecule has 1 heterocycles. The molecule has 0 aliphatic carbocycles. The zero-order chi connectivity index (χ0) is 9.52. The van der Waals surface area contributed by atoms with Gasteiger partial charge in [0.1, 0.15) is 12.0 Å². The second-order valence-corrected chi connectivity index (χ2v) is 2.64. The number of nitrogens with zero attached hydrogens (tertiary/aromatic N) is 1. The predicted octanol–water partition coefficient (Wildman–Crippen LogP) is 0.613. The number of carbonyl (C=O) groups excluding carboxylic acids is 1. The number of rotatable bonds is 5. The minimum Gasteiger partial charge on any atom is -0.363 e. The molecule has 72 valence electrons. The number of carbonyl (C=O) groups is 1. The number of hydrogen-bond donors (Lipinski definition) is 2. The maximum Gasteiger partial charge on any atom is 0.238 e. The Bertz CT molecular complexity index is 246. The van der Waals surface area contributed by atoms with E-state index in [0.717, 1.165) is 13.0 Å². The minimum absolute atomic E-state index is 0.0864. The van der Waals surface area contributed by atoms with E-state index in [9.17, 15) is 4.79 Å². The van der Waals surface area contributed by atoms with Crippen molar-refractivity contribution in [1.82, 2.24) is 10.5 Å². The van der Waals surface area contributed by atoms with Crippen LogP contribution < -0.4 is 10.6 Å². The summed E-state index contributed by atoms with van der Waals surface area (Å²) in [4.78, 5) is 11.1. The van der Waals surface area contributed by atoms with E-state index < -0.39 is 0 Å². The van der Waals surface area contributed by atoms with Crippen molar-refractivity contribution in [3.8, 4) is 0 Å². The molecule has 0 radical (unpaired) electrons. The van der Waals surface area contributed by atoms with E-state index in [4.69, 9.17) is 0 Å². The van der Waals surface area contributed by atoms with E-state index in [2.05, 4.69) is 20.3 Å². The molecule has 0 atom stereocenters. The summed E-state index contributed by atoms with van der Waals surface area (Å²) < 4.78 is 4.56. The molecule has 0 aliphatic heterocycles. The predicted molar refractivity (Wildman–Crippen MR) is 48.3 cm³/mol. The summed E-state index contributed by atoms with van der Waals surface area (Å²) in [7, 11) is 0. The van der Waals surface area contributed by atoms with Gasteiger partial charge in [-0.1, -0.05) is 12.1 Å². The number of aromatic nitrogens is 1. The van der Waals surface area contributed by atoms with Crippen LogP contribution in [0.2, 0.25) is 0 Å². The Labute approximate surface area is 76.5 Å². The molecule has 0 spiro atoms. The molecular formula is C8H13N3O2. The first kappa shape index (κ1) is 9.73. The van der Waals surface area contributed by atoms with Gasteiger partial charge in [-0.3, -0.25) is 4.79 Å². The Morgan fingerprint density at radius 2 is 2.54 bits per heavy atom. The van der Waals surface area contributed by atoms with Crippen molar-refractivity contribution in [3.63, 3.8) is 0 Å². The van der Waals surface area contributed by atoms with Crippen LogP contribution in [-0.4, -0.2) is 24.2 Å². The first-order valence-electron chi connectivity index (χ1n) is 4.23. The molecule has 1 aromatic heterocycles. The Kier molecular flexibility index (Phi) is 3.98. The third-order valence-corrected chi connectivity index (χ3v) is 1.43. The average molecular weight is 183 g/mol. The zero-order valence-electron chi connectivity index (χ0n) is 7.54. The SMILES string of the molecule is CCCNCC(=O)Nc1cnoc1. The lowest BCUT2D eigenvalue weighted by molar-refractivity contribution is -0.115. The molecule has 0 fully saturated rings. The summed E-state index contributed by atoms with van der Waals surface area (Å²) in [6, 6.07) is 0. The van der Waals surface area contributed by atoms with Gasteiger partial charge in [0.05, 0.1) is 12.7 Å². The van der Waals surface area contributed by atoms with E-state index in [1.165, 1.54) is 12.5 Å². The van der Waals surface area contributed by atoms with Crippen LogP contribution in [0, 0.1) is 0 Å². The molecule has 1 rings (SSSR count). The molecule has 13 heavy (non-hydrogen) atoms. The summed E-state index contributed by atoms with van der Waals surface area (Å²) >= 11 is 0. The van der Waals surface area contributed by atoms with Crippen LogP contribution in [-0.2, 0) is 4.79 Å². The zero-order valence-corrected chi connectivity index (χ0v) is 7.54. The molecule has 0 bridgehead atoms. The standard InChI is InChI=1S/C8H13N3O2/c1-2-3-9-5-8(12)11-7-4-10-13-6-7/h4,6,9H,2-3,5H2,1H3,(H,11,12). The summed E-state index contributed by atoms with van der Waals surface area (Å²) in [6.45, 7) is 3.21. The molecule has 2 N–H and O–H groups in total. The van der Waals surface area contributed by atoms with Crippen LogP contribution in [0.15, 0.2) is 17.0 Å². The van der Waals surface area contributed by atoms with Gasteiger partial charge in [-0.05, 0) is 13.0 Å². The molecule has 0 aromatic carbocycles. The number of anilines is 1. The van der Waals surface area contributed by atoms with Crippen LogP contribution in [0.25, 0.3) is 0 Å². The molecule has 0 unspecified atom stereocenters. The maximum absolute atomic E-state index is 11.1. The number of hydrogen-bond acceptors (Lipinski definition) is 4. The van der Waals surface area contributed by atoms with E-state index >= 15 is 0 Å². The van der Waals surface area contributed by atoms with Crippen molar-refractivity contribution in [2.24, 2.45) is 0 Å². The molecule has 5 nitrogen and oxygen atoms in total. The second-order valence-electron chi connectivity index (χ2n) is 2.64. The lowest BCUT2D eigenvalue weighted by Gasteiger charge is -2.02. The van der Waals surface area contributed by atoms with Gasteiger partial charge in [0.15, 0.2) is 0 Å². The van der Waals surface area contributed by atoms with E-state index in [1.54, 1.807) is 0 Å². The highest BCUT2D eigenvalue weighted by molar-refractivity contribution is 5.91. The van der Waals surface area contributed by atoms with Crippen LogP contribution in [0.5, 0.6) is 0 Å². The van der Waals surface area contributed by atoms with Crippen LogP contribution in [0.4, 0.5) is 5.69 Å². The Morgan fingerprint density at radius 3 is 3.15 bits per heavy atom. The molecule has 1 amide bonds. The third kappa shape index (κ3) is 3.71. The van der Waals surface area contributed by atoms with Crippen LogP contribution >= 0.6 is 0 Å². The fraction of sp³-hybridized carbons (Fsp3) is 0.500. The highest BCUT2D eigenvalue weighted by atomic mass is 16.5. The molecule has 0 saturated carbocycles. The van der Waals surface area contributed by atoms with Gasteiger partial charge in [-0.15, -0.1) is 0 Å². The van der Waals surface area contributed by atoms with Crippen molar-refractivity contribution in [2.75, 3.05) is 18.4 Å². The van der Waals surface area contributed by atoms with Crippen molar-refractivity contribution < 1.29 is 9.32 Å². The summed E-state index contributed by atoms with van der Waals surface area (Å²) in [5.74, 6) is -0.0864. The van der Waals surface area contributed by atoms with Gasteiger partial charge < -0.3 is 15.2 Å². The average Bonchev–Trinajstić information content (AvgIpc) is 2.57. The van der Waals surface area contributed by atoms with E-state index in [1.807, 2.05) is 6.92 Å². The van der Waals surface area contributed by atoms with Crippen molar-refractivity contribution >= 4 is 11.6 Å². The van der Waals surface area contributed by atoms with Gasteiger partial charge in [0.25, 0.3) is 0 Å². The van der Waals surface area contributed by atoms with Crippen LogP contribution in [0.1, 0.15) is 13.3 Å². The monoisotopic (exact) mass is 183 g/mol. The summed E-state index contributed by atoms with van der Waals surface area (Å²) in [5, 5.41) is 9.07. The maximum atomic E-state index is 11.1. The third-order valence-electron chi connectivity index (χ3n) is 1.43. The van der Waals surface area contributed by atoms with Gasteiger partial charge in [-0.2, -0.15) is 0 Å². The van der Waals surface area contributed by atoms with Gasteiger partial charge in [0, 0.05) is 0 Å². The number of nitrogens with one attached hydrogen (secondary N) is 2. The largest absolute Gasteiger partial charge is 0.363 e.